The number of rotatable bonds is 9. The van der Waals surface area contributed by atoms with E-state index in [1.165, 1.54) is 40.7 Å². The Kier molecular flexibility index (Phi) is 8.86. The van der Waals surface area contributed by atoms with E-state index >= 15 is 0 Å². The SMILES string of the molecule is CCc1ccccc1N(CC(=O)Nc1ccc(S(=O)(=O)N2CCCCCC2)cc1)S(=O)(=O)c1ccccc1. The number of carbonyl (C=O) groups excluding carboxylic acids is 1. The molecule has 4 rings (SSSR count). The van der Waals surface area contributed by atoms with E-state index < -0.39 is 32.5 Å². The molecule has 38 heavy (non-hydrogen) atoms. The number of carbonyl (C=O) groups is 1. The normalized spacial score (nSPS) is 15.0. The molecule has 0 aliphatic carbocycles. The maximum atomic E-state index is 13.6. The zero-order valence-electron chi connectivity index (χ0n) is 21.4. The van der Waals surface area contributed by atoms with Gasteiger partial charge in [0, 0.05) is 18.8 Å². The van der Waals surface area contributed by atoms with E-state index in [0.29, 0.717) is 30.9 Å². The highest BCUT2D eigenvalue weighted by molar-refractivity contribution is 7.92. The number of amides is 1. The van der Waals surface area contributed by atoms with E-state index in [-0.39, 0.29) is 9.79 Å². The van der Waals surface area contributed by atoms with E-state index in [1.54, 1.807) is 30.3 Å². The van der Waals surface area contributed by atoms with Gasteiger partial charge in [-0.2, -0.15) is 4.31 Å². The maximum Gasteiger partial charge on any atom is 0.264 e. The quantitative estimate of drug-likeness (QED) is 0.414. The molecule has 0 aromatic heterocycles. The number of hydrogen-bond donors (Lipinski definition) is 1. The number of benzene rings is 3. The lowest BCUT2D eigenvalue weighted by Crippen LogP contribution is -2.38. The van der Waals surface area contributed by atoms with Gasteiger partial charge in [0.1, 0.15) is 6.54 Å². The average molecular weight is 556 g/mol. The predicted octanol–water partition coefficient (Wildman–Crippen LogP) is 4.65. The van der Waals surface area contributed by atoms with Gasteiger partial charge < -0.3 is 5.32 Å². The van der Waals surface area contributed by atoms with Crippen LogP contribution in [0.2, 0.25) is 0 Å². The number of nitrogens with zero attached hydrogens (tertiary/aromatic N) is 2. The van der Waals surface area contributed by atoms with Crippen LogP contribution >= 0.6 is 0 Å². The molecule has 0 unspecified atom stereocenters. The largest absolute Gasteiger partial charge is 0.325 e. The Labute approximate surface area is 225 Å². The maximum absolute atomic E-state index is 13.6. The van der Waals surface area contributed by atoms with Crippen molar-refractivity contribution in [3.05, 3.63) is 84.4 Å². The summed E-state index contributed by atoms with van der Waals surface area (Å²) < 4.78 is 55.9. The highest BCUT2D eigenvalue weighted by Crippen LogP contribution is 2.28. The molecule has 1 amide bonds. The van der Waals surface area contributed by atoms with Crippen molar-refractivity contribution in [3.8, 4) is 0 Å². The first kappa shape index (κ1) is 27.8. The molecule has 1 aliphatic heterocycles. The van der Waals surface area contributed by atoms with Gasteiger partial charge in [0.25, 0.3) is 10.0 Å². The molecule has 1 fully saturated rings. The lowest BCUT2D eigenvalue weighted by Gasteiger charge is -2.26. The fourth-order valence-electron chi connectivity index (χ4n) is 4.54. The third-order valence-corrected chi connectivity index (χ3v) is 10.3. The summed E-state index contributed by atoms with van der Waals surface area (Å²) in [6.45, 7) is 2.49. The average Bonchev–Trinajstić information content (AvgIpc) is 3.23. The van der Waals surface area contributed by atoms with Crippen LogP contribution < -0.4 is 9.62 Å². The molecular weight excluding hydrogens is 522 g/mol. The van der Waals surface area contributed by atoms with E-state index in [2.05, 4.69) is 5.32 Å². The molecule has 10 heteroatoms. The van der Waals surface area contributed by atoms with Crippen LogP contribution in [0.15, 0.2) is 88.7 Å². The van der Waals surface area contributed by atoms with Gasteiger partial charge in [0.15, 0.2) is 0 Å². The Hall–Kier alpha value is -3.21. The molecule has 1 aliphatic rings. The van der Waals surface area contributed by atoms with Crippen molar-refractivity contribution in [3.63, 3.8) is 0 Å². The van der Waals surface area contributed by atoms with Crippen molar-refractivity contribution in [1.82, 2.24) is 4.31 Å². The van der Waals surface area contributed by atoms with E-state index in [0.717, 1.165) is 35.6 Å². The standard InChI is InChI=1S/C28H33N3O5S2/c1-2-23-12-8-9-15-27(23)31(38(35,36)25-13-6-5-7-14-25)22-28(32)29-24-16-18-26(19-17-24)37(33,34)30-20-10-3-4-11-21-30/h5-9,12-19H,2-4,10-11,20-22H2,1H3,(H,29,32). The lowest BCUT2D eigenvalue weighted by atomic mass is 10.1. The fraction of sp³-hybridized carbons (Fsp3) is 0.321. The molecule has 1 N–H and O–H groups in total. The van der Waals surface area contributed by atoms with E-state index in [9.17, 15) is 21.6 Å². The first-order valence-corrected chi connectivity index (χ1v) is 15.7. The minimum atomic E-state index is -4.03. The van der Waals surface area contributed by atoms with Crippen LogP contribution in [0.4, 0.5) is 11.4 Å². The smallest absolute Gasteiger partial charge is 0.264 e. The van der Waals surface area contributed by atoms with Gasteiger partial charge in [-0.05, 0) is 67.3 Å². The Balaban J connectivity index is 1.55. The number of sulfonamides is 2. The monoisotopic (exact) mass is 555 g/mol. The van der Waals surface area contributed by atoms with Gasteiger partial charge in [-0.3, -0.25) is 9.10 Å². The van der Waals surface area contributed by atoms with E-state index in [4.69, 9.17) is 0 Å². The van der Waals surface area contributed by atoms with Crippen molar-refractivity contribution < 1.29 is 21.6 Å². The highest BCUT2D eigenvalue weighted by atomic mass is 32.2. The first-order valence-electron chi connectivity index (χ1n) is 12.8. The van der Waals surface area contributed by atoms with Crippen LogP contribution in [0.5, 0.6) is 0 Å². The van der Waals surface area contributed by atoms with Crippen molar-refractivity contribution in [1.29, 1.82) is 0 Å². The molecule has 0 spiro atoms. The second kappa shape index (κ2) is 12.1. The molecule has 0 saturated carbocycles. The molecule has 1 saturated heterocycles. The third-order valence-electron chi connectivity index (χ3n) is 6.60. The van der Waals surface area contributed by atoms with Crippen molar-refractivity contribution >= 4 is 37.3 Å². The second-order valence-electron chi connectivity index (χ2n) is 9.20. The summed E-state index contributed by atoms with van der Waals surface area (Å²) >= 11 is 0. The van der Waals surface area contributed by atoms with Gasteiger partial charge in [-0.25, -0.2) is 16.8 Å². The van der Waals surface area contributed by atoms with Crippen LogP contribution in [0.3, 0.4) is 0 Å². The summed E-state index contributed by atoms with van der Waals surface area (Å²) in [5, 5.41) is 2.72. The van der Waals surface area contributed by atoms with Crippen LogP contribution in [0.25, 0.3) is 0 Å². The minimum absolute atomic E-state index is 0.0850. The summed E-state index contributed by atoms with van der Waals surface area (Å²) in [5.41, 5.74) is 1.61. The number of nitrogens with one attached hydrogen (secondary N) is 1. The fourth-order valence-corrected chi connectivity index (χ4v) is 7.54. The zero-order valence-corrected chi connectivity index (χ0v) is 23.0. The molecule has 0 atom stereocenters. The summed E-state index contributed by atoms with van der Waals surface area (Å²) in [6.07, 6.45) is 4.33. The van der Waals surface area contributed by atoms with Crippen molar-refractivity contribution in [2.24, 2.45) is 0 Å². The van der Waals surface area contributed by atoms with Crippen LogP contribution in [-0.2, 0) is 31.3 Å². The summed E-state index contributed by atoms with van der Waals surface area (Å²) in [6, 6.07) is 21.1. The van der Waals surface area contributed by atoms with Gasteiger partial charge >= 0.3 is 0 Å². The van der Waals surface area contributed by atoms with Crippen LogP contribution in [-0.4, -0.2) is 46.7 Å². The Morgan fingerprint density at radius 2 is 1.39 bits per heavy atom. The van der Waals surface area contributed by atoms with Gasteiger partial charge in [0.05, 0.1) is 15.5 Å². The number of para-hydroxylation sites is 1. The van der Waals surface area contributed by atoms with Crippen LogP contribution in [0.1, 0.15) is 38.2 Å². The number of hydrogen-bond acceptors (Lipinski definition) is 5. The van der Waals surface area contributed by atoms with Crippen LogP contribution in [0, 0.1) is 0 Å². The van der Waals surface area contributed by atoms with Crippen molar-refractivity contribution in [2.45, 2.75) is 48.8 Å². The molecule has 8 nitrogen and oxygen atoms in total. The van der Waals surface area contributed by atoms with Gasteiger partial charge in [-0.15, -0.1) is 0 Å². The summed E-state index contributed by atoms with van der Waals surface area (Å²) in [5.74, 6) is -0.543. The molecule has 1 heterocycles. The number of anilines is 2. The highest BCUT2D eigenvalue weighted by Gasteiger charge is 2.29. The predicted molar refractivity (Wildman–Crippen MR) is 149 cm³/mol. The van der Waals surface area contributed by atoms with Crippen molar-refractivity contribution in [2.75, 3.05) is 29.3 Å². The van der Waals surface area contributed by atoms with Gasteiger partial charge in [-0.1, -0.05) is 56.2 Å². The number of aryl methyl sites for hydroxylation is 1. The second-order valence-corrected chi connectivity index (χ2v) is 13.0. The lowest BCUT2D eigenvalue weighted by molar-refractivity contribution is -0.114. The summed E-state index contributed by atoms with van der Waals surface area (Å²) in [4.78, 5) is 13.4. The summed E-state index contributed by atoms with van der Waals surface area (Å²) in [7, 11) is -7.64. The van der Waals surface area contributed by atoms with E-state index in [1.807, 2.05) is 19.1 Å². The molecule has 0 bridgehead atoms. The molecule has 3 aromatic rings. The zero-order chi connectivity index (χ0) is 27.2. The minimum Gasteiger partial charge on any atom is -0.325 e. The van der Waals surface area contributed by atoms with Gasteiger partial charge in [0.2, 0.25) is 15.9 Å². The molecule has 202 valence electrons. The molecular formula is C28H33N3O5S2. The third kappa shape index (κ3) is 6.25. The topological polar surface area (TPSA) is 104 Å². The Morgan fingerprint density at radius 1 is 0.789 bits per heavy atom. The molecule has 3 aromatic carbocycles. The molecule has 0 radical (unpaired) electrons. The Bertz CT molecular complexity index is 1450. The Morgan fingerprint density at radius 3 is 2.03 bits per heavy atom. The first-order chi connectivity index (χ1) is 18.2.